The van der Waals surface area contributed by atoms with Gasteiger partial charge < -0.3 is 4.74 Å². The second-order valence-corrected chi connectivity index (χ2v) is 10.1. The summed E-state index contributed by atoms with van der Waals surface area (Å²) in [5.74, 6) is 1.49. The molecule has 36 heavy (non-hydrogen) atoms. The SMILES string of the molecule is COc1ccc(C2CC(c3ccccc3Cl)=NN2C(=O)CN2CCC(Cc3ccccc3)CC2)cc1. The Labute approximate surface area is 218 Å². The van der Waals surface area contributed by atoms with Crippen molar-refractivity contribution in [3.8, 4) is 5.75 Å². The van der Waals surface area contributed by atoms with E-state index in [-0.39, 0.29) is 11.9 Å². The number of hydrazone groups is 1. The Bertz CT molecular complexity index is 1200. The first kappa shape index (κ1) is 24.5. The number of benzene rings is 3. The van der Waals surface area contributed by atoms with E-state index in [4.69, 9.17) is 21.4 Å². The molecule has 3 aromatic carbocycles. The molecule has 186 valence electrons. The van der Waals surface area contributed by atoms with Gasteiger partial charge in [0.25, 0.3) is 5.91 Å². The van der Waals surface area contributed by atoms with E-state index < -0.39 is 0 Å². The molecule has 5 rings (SSSR count). The molecule has 3 aromatic rings. The molecule has 0 spiro atoms. The van der Waals surface area contributed by atoms with E-state index in [9.17, 15) is 4.79 Å². The van der Waals surface area contributed by atoms with E-state index in [0.29, 0.717) is 23.9 Å². The van der Waals surface area contributed by atoms with Gasteiger partial charge in [-0.05, 0) is 67.6 Å². The van der Waals surface area contributed by atoms with Crippen LogP contribution in [0.15, 0.2) is 84.0 Å². The van der Waals surface area contributed by atoms with Gasteiger partial charge in [-0.15, -0.1) is 0 Å². The summed E-state index contributed by atoms with van der Waals surface area (Å²) in [6.45, 7) is 2.25. The summed E-state index contributed by atoms with van der Waals surface area (Å²) in [5.41, 5.74) is 4.16. The van der Waals surface area contributed by atoms with Crippen LogP contribution in [0.2, 0.25) is 5.02 Å². The normalized spacial score (nSPS) is 18.8. The predicted octanol–water partition coefficient (Wildman–Crippen LogP) is 5.98. The van der Waals surface area contributed by atoms with Gasteiger partial charge in [-0.2, -0.15) is 5.10 Å². The van der Waals surface area contributed by atoms with Crippen molar-refractivity contribution >= 4 is 23.2 Å². The standard InChI is InChI=1S/C30H32ClN3O2/c1-36-25-13-11-24(12-14-25)29-20-28(26-9-5-6-10-27(26)31)32-34(29)30(35)21-33-17-15-23(16-18-33)19-22-7-3-2-4-8-22/h2-14,23,29H,15-21H2,1H3. The third kappa shape index (κ3) is 5.63. The highest BCUT2D eigenvalue weighted by Crippen LogP contribution is 2.35. The zero-order valence-corrected chi connectivity index (χ0v) is 21.4. The van der Waals surface area contributed by atoms with Gasteiger partial charge >= 0.3 is 0 Å². The summed E-state index contributed by atoms with van der Waals surface area (Å²) in [6, 6.07) is 26.1. The molecule has 0 bridgehead atoms. The molecule has 2 heterocycles. The molecule has 0 aliphatic carbocycles. The van der Waals surface area contributed by atoms with Gasteiger partial charge in [-0.3, -0.25) is 9.69 Å². The van der Waals surface area contributed by atoms with E-state index in [0.717, 1.165) is 54.9 Å². The minimum absolute atomic E-state index is 0.0272. The smallest absolute Gasteiger partial charge is 0.257 e. The van der Waals surface area contributed by atoms with Gasteiger partial charge in [0.1, 0.15) is 5.75 Å². The van der Waals surface area contributed by atoms with Crippen molar-refractivity contribution < 1.29 is 9.53 Å². The molecule has 1 saturated heterocycles. The Morgan fingerprint density at radius 1 is 0.972 bits per heavy atom. The van der Waals surface area contributed by atoms with Crippen LogP contribution in [0, 0.1) is 5.92 Å². The second-order valence-electron chi connectivity index (χ2n) is 9.67. The molecule has 2 aliphatic rings. The highest BCUT2D eigenvalue weighted by molar-refractivity contribution is 6.34. The molecular weight excluding hydrogens is 470 g/mol. The van der Waals surface area contributed by atoms with Crippen molar-refractivity contribution in [3.05, 3.63) is 101 Å². The van der Waals surface area contributed by atoms with Gasteiger partial charge in [0, 0.05) is 17.0 Å². The summed E-state index contributed by atoms with van der Waals surface area (Å²) >= 11 is 6.48. The lowest BCUT2D eigenvalue weighted by Gasteiger charge is -2.33. The van der Waals surface area contributed by atoms with Crippen LogP contribution in [0.1, 0.15) is 42.0 Å². The van der Waals surface area contributed by atoms with E-state index in [1.807, 2.05) is 48.5 Å². The number of hydrogen-bond acceptors (Lipinski definition) is 4. The third-order valence-corrected chi connectivity index (χ3v) is 7.61. The van der Waals surface area contributed by atoms with E-state index >= 15 is 0 Å². The predicted molar refractivity (Wildman–Crippen MR) is 144 cm³/mol. The number of amides is 1. The van der Waals surface area contributed by atoms with Crippen LogP contribution in [-0.2, 0) is 11.2 Å². The zero-order valence-electron chi connectivity index (χ0n) is 20.6. The summed E-state index contributed by atoms with van der Waals surface area (Å²) in [5, 5.41) is 7.14. The summed E-state index contributed by atoms with van der Waals surface area (Å²) < 4.78 is 5.33. The van der Waals surface area contributed by atoms with Crippen LogP contribution in [-0.4, -0.2) is 48.3 Å². The highest BCUT2D eigenvalue weighted by Gasteiger charge is 2.34. The molecule has 0 N–H and O–H groups in total. The van der Waals surface area contributed by atoms with Gasteiger partial charge in [0.2, 0.25) is 0 Å². The zero-order chi connectivity index (χ0) is 24.9. The number of hydrogen-bond donors (Lipinski definition) is 0. The number of nitrogens with zero attached hydrogens (tertiary/aromatic N) is 3. The Morgan fingerprint density at radius 3 is 2.36 bits per heavy atom. The topological polar surface area (TPSA) is 45.1 Å². The van der Waals surface area contributed by atoms with Crippen molar-refractivity contribution in [2.45, 2.75) is 31.7 Å². The quantitative estimate of drug-likeness (QED) is 0.400. The van der Waals surface area contributed by atoms with Gasteiger partial charge in [0.15, 0.2) is 0 Å². The van der Waals surface area contributed by atoms with Crippen LogP contribution >= 0.6 is 11.6 Å². The molecule has 0 radical (unpaired) electrons. The summed E-state index contributed by atoms with van der Waals surface area (Å²) in [7, 11) is 1.65. The first-order chi connectivity index (χ1) is 17.6. The highest BCUT2D eigenvalue weighted by atomic mass is 35.5. The molecule has 0 aromatic heterocycles. The number of carbonyl (C=O) groups excluding carboxylic acids is 1. The van der Waals surface area contributed by atoms with Gasteiger partial charge in [-0.1, -0.05) is 72.3 Å². The molecule has 0 saturated carbocycles. The van der Waals surface area contributed by atoms with Crippen LogP contribution < -0.4 is 4.74 Å². The number of halogens is 1. The maximum Gasteiger partial charge on any atom is 0.257 e. The van der Waals surface area contributed by atoms with E-state index in [1.165, 1.54) is 5.56 Å². The maximum absolute atomic E-state index is 13.6. The summed E-state index contributed by atoms with van der Waals surface area (Å²) in [4.78, 5) is 15.8. The van der Waals surface area contributed by atoms with Crippen molar-refractivity contribution in [1.29, 1.82) is 0 Å². The number of ether oxygens (including phenoxy) is 1. The Balaban J connectivity index is 1.28. The van der Waals surface area contributed by atoms with Crippen molar-refractivity contribution in [3.63, 3.8) is 0 Å². The fourth-order valence-electron chi connectivity index (χ4n) is 5.24. The fraction of sp³-hybridized carbons (Fsp3) is 0.333. The van der Waals surface area contributed by atoms with Crippen LogP contribution in [0.4, 0.5) is 0 Å². The third-order valence-electron chi connectivity index (χ3n) is 7.28. The van der Waals surface area contributed by atoms with Crippen molar-refractivity contribution in [2.75, 3.05) is 26.7 Å². The Hall–Kier alpha value is -3.15. The molecule has 1 amide bonds. The first-order valence-electron chi connectivity index (χ1n) is 12.7. The average Bonchev–Trinajstić information content (AvgIpc) is 3.36. The lowest BCUT2D eigenvalue weighted by atomic mass is 9.90. The molecule has 1 fully saturated rings. The van der Waals surface area contributed by atoms with Crippen molar-refractivity contribution in [2.24, 2.45) is 11.0 Å². The number of methoxy groups -OCH3 is 1. The molecular formula is C30H32ClN3O2. The van der Waals surface area contributed by atoms with Crippen LogP contribution in [0.25, 0.3) is 0 Å². The number of piperidine rings is 1. The Kier molecular flexibility index (Phi) is 7.69. The minimum Gasteiger partial charge on any atom is -0.497 e. The minimum atomic E-state index is -0.162. The molecule has 5 nitrogen and oxygen atoms in total. The van der Waals surface area contributed by atoms with E-state index in [2.05, 4.69) is 35.2 Å². The molecule has 2 aliphatic heterocycles. The number of carbonyl (C=O) groups is 1. The summed E-state index contributed by atoms with van der Waals surface area (Å²) in [6.07, 6.45) is 3.96. The lowest BCUT2D eigenvalue weighted by molar-refractivity contribution is -0.134. The molecule has 6 heteroatoms. The Morgan fingerprint density at radius 2 is 1.67 bits per heavy atom. The fourth-order valence-corrected chi connectivity index (χ4v) is 5.49. The second kappa shape index (κ2) is 11.3. The molecule has 1 unspecified atom stereocenters. The monoisotopic (exact) mass is 501 g/mol. The van der Waals surface area contributed by atoms with E-state index in [1.54, 1.807) is 12.1 Å². The molecule has 1 atom stereocenters. The largest absolute Gasteiger partial charge is 0.497 e. The maximum atomic E-state index is 13.6. The average molecular weight is 502 g/mol. The van der Waals surface area contributed by atoms with Gasteiger partial charge in [0.05, 0.1) is 25.4 Å². The number of likely N-dealkylation sites (tertiary alicyclic amines) is 1. The number of rotatable bonds is 7. The first-order valence-corrected chi connectivity index (χ1v) is 13.0. The van der Waals surface area contributed by atoms with Crippen molar-refractivity contribution in [1.82, 2.24) is 9.91 Å². The van der Waals surface area contributed by atoms with Gasteiger partial charge in [-0.25, -0.2) is 5.01 Å². The van der Waals surface area contributed by atoms with Crippen LogP contribution in [0.3, 0.4) is 0 Å². The lowest BCUT2D eigenvalue weighted by Crippen LogP contribution is -2.42. The van der Waals surface area contributed by atoms with Crippen LogP contribution in [0.5, 0.6) is 5.75 Å².